The molecule has 0 amide bonds. The molecule has 4 nitrogen and oxygen atoms in total. The van der Waals surface area contributed by atoms with Crippen molar-refractivity contribution in [2.75, 3.05) is 30.8 Å². The molecule has 1 aliphatic rings. The zero-order valence-corrected chi connectivity index (χ0v) is 10.6. The van der Waals surface area contributed by atoms with Crippen LogP contribution in [0.15, 0.2) is 12.1 Å². The second-order valence-electron chi connectivity index (χ2n) is 5.15. The summed E-state index contributed by atoms with van der Waals surface area (Å²) in [7, 11) is 0. The van der Waals surface area contributed by atoms with Gasteiger partial charge in [0.15, 0.2) is 0 Å². The topological polar surface area (TPSA) is 60.2 Å². The van der Waals surface area contributed by atoms with Gasteiger partial charge in [0.2, 0.25) is 0 Å². The zero-order valence-electron chi connectivity index (χ0n) is 10.6. The largest absolute Gasteiger partial charge is 0.397 e. The highest BCUT2D eigenvalue weighted by Gasteiger charge is 2.27. The third kappa shape index (κ3) is 3.09. The summed E-state index contributed by atoms with van der Waals surface area (Å²) in [6.45, 7) is 6.90. The number of nitrogens with one attached hydrogen (secondary N) is 1. The first-order valence-corrected chi connectivity index (χ1v) is 6.14. The third-order valence-electron chi connectivity index (χ3n) is 3.52. The minimum atomic E-state index is 0.315. The second-order valence-corrected chi connectivity index (χ2v) is 5.15. The summed E-state index contributed by atoms with van der Waals surface area (Å²) in [5.74, 6) is 0.907. The minimum Gasteiger partial charge on any atom is -0.397 e. The lowest BCUT2D eigenvalue weighted by Crippen LogP contribution is -2.33. The average molecular weight is 235 g/mol. The van der Waals surface area contributed by atoms with E-state index < -0.39 is 0 Å². The lowest BCUT2D eigenvalue weighted by molar-refractivity contribution is 0.0300. The monoisotopic (exact) mass is 235 g/mol. The van der Waals surface area contributed by atoms with Crippen molar-refractivity contribution in [2.45, 2.75) is 26.7 Å². The first-order chi connectivity index (χ1) is 8.09. The van der Waals surface area contributed by atoms with Crippen LogP contribution < -0.4 is 11.1 Å². The predicted molar refractivity (Wildman–Crippen MR) is 70.0 cm³/mol. The van der Waals surface area contributed by atoms with E-state index in [4.69, 9.17) is 10.5 Å². The Labute approximate surface area is 103 Å². The van der Waals surface area contributed by atoms with E-state index >= 15 is 0 Å². The average Bonchev–Trinajstić information content (AvgIpc) is 2.32. The molecule has 0 unspecified atom stereocenters. The van der Waals surface area contributed by atoms with Crippen LogP contribution in [0.1, 0.15) is 25.5 Å². The van der Waals surface area contributed by atoms with Crippen LogP contribution in [0.2, 0.25) is 0 Å². The summed E-state index contributed by atoms with van der Waals surface area (Å²) in [6, 6.07) is 3.84. The van der Waals surface area contributed by atoms with Crippen LogP contribution in [-0.4, -0.2) is 24.7 Å². The van der Waals surface area contributed by atoms with Gasteiger partial charge in [-0.1, -0.05) is 6.92 Å². The van der Waals surface area contributed by atoms with Crippen LogP contribution in [0.4, 0.5) is 11.5 Å². The second kappa shape index (κ2) is 4.92. The molecule has 1 aromatic rings. The van der Waals surface area contributed by atoms with Gasteiger partial charge in [-0.2, -0.15) is 0 Å². The molecule has 0 spiro atoms. The maximum atomic E-state index is 5.75. The summed E-state index contributed by atoms with van der Waals surface area (Å²) in [6.07, 6.45) is 2.21. The van der Waals surface area contributed by atoms with Crippen LogP contribution in [-0.2, 0) is 4.74 Å². The van der Waals surface area contributed by atoms with E-state index in [1.165, 1.54) is 0 Å². The molecule has 1 aliphatic heterocycles. The molecule has 1 aromatic heterocycles. The summed E-state index contributed by atoms with van der Waals surface area (Å²) < 4.78 is 5.39. The molecule has 4 heteroatoms. The van der Waals surface area contributed by atoms with E-state index in [1.54, 1.807) is 0 Å². The first-order valence-electron chi connectivity index (χ1n) is 6.14. The number of aryl methyl sites for hydroxylation is 1. The van der Waals surface area contributed by atoms with E-state index in [-0.39, 0.29) is 0 Å². The fourth-order valence-corrected chi connectivity index (χ4v) is 2.02. The molecule has 1 fully saturated rings. The number of aromatic nitrogens is 1. The Balaban J connectivity index is 1.94. The number of hydrogen-bond acceptors (Lipinski definition) is 4. The first kappa shape index (κ1) is 12.2. The molecule has 0 aromatic carbocycles. The molecule has 17 heavy (non-hydrogen) atoms. The highest BCUT2D eigenvalue weighted by molar-refractivity contribution is 5.49. The van der Waals surface area contributed by atoms with E-state index in [0.29, 0.717) is 5.41 Å². The van der Waals surface area contributed by atoms with Crippen LogP contribution in [0, 0.1) is 12.3 Å². The smallest absolute Gasteiger partial charge is 0.126 e. The van der Waals surface area contributed by atoms with Crippen molar-refractivity contribution in [3.8, 4) is 0 Å². The van der Waals surface area contributed by atoms with Crippen molar-refractivity contribution in [1.29, 1.82) is 0 Å². The van der Waals surface area contributed by atoms with Crippen molar-refractivity contribution in [2.24, 2.45) is 5.41 Å². The van der Waals surface area contributed by atoms with Crippen LogP contribution >= 0.6 is 0 Å². The number of rotatable bonds is 3. The summed E-state index contributed by atoms with van der Waals surface area (Å²) >= 11 is 0. The van der Waals surface area contributed by atoms with Crippen molar-refractivity contribution in [3.63, 3.8) is 0 Å². The van der Waals surface area contributed by atoms with E-state index in [1.807, 2.05) is 19.1 Å². The SMILES string of the molecule is Cc1nc(NCC2(C)CCOCC2)ccc1N. The van der Waals surface area contributed by atoms with E-state index in [2.05, 4.69) is 17.2 Å². The number of nitrogens with zero attached hydrogens (tertiary/aromatic N) is 1. The quantitative estimate of drug-likeness (QED) is 0.843. The fraction of sp³-hybridized carbons (Fsp3) is 0.615. The Morgan fingerprint density at radius 3 is 2.76 bits per heavy atom. The maximum Gasteiger partial charge on any atom is 0.126 e. The summed E-state index contributed by atoms with van der Waals surface area (Å²) in [5, 5.41) is 3.40. The van der Waals surface area contributed by atoms with Gasteiger partial charge < -0.3 is 15.8 Å². The van der Waals surface area contributed by atoms with Crippen LogP contribution in [0.25, 0.3) is 0 Å². The molecular weight excluding hydrogens is 214 g/mol. The number of nitrogen functional groups attached to an aromatic ring is 1. The molecule has 2 rings (SSSR count). The van der Waals surface area contributed by atoms with E-state index in [9.17, 15) is 0 Å². The molecule has 0 saturated carbocycles. The van der Waals surface area contributed by atoms with Gasteiger partial charge in [0, 0.05) is 19.8 Å². The molecule has 94 valence electrons. The molecular formula is C13H21N3O. The number of nitrogens with two attached hydrogens (primary N) is 1. The van der Waals surface area contributed by atoms with Crippen LogP contribution in [0.3, 0.4) is 0 Å². The van der Waals surface area contributed by atoms with Crippen molar-refractivity contribution < 1.29 is 4.74 Å². The zero-order chi connectivity index (χ0) is 12.3. The summed E-state index contributed by atoms with van der Waals surface area (Å²) in [4.78, 5) is 4.42. The number of hydrogen-bond donors (Lipinski definition) is 2. The van der Waals surface area contributed by atoms with Gasteiger partial charge in [-0.05, 0) is 37.3 Å². The molecule has 0 atom stereocenters. The Hall–Kier alpha value is -1.29. The van der Waals surface area contributed by atoms with Gasteiger partial charge in [-0.3, -0.25) is 0 Å². The Kier molecular flexibility index (Phi) is 3.52. The van der Waals surface area contributed by atoms with Crippen molar-refractivity contribution >= 4 is 11.5 Å². The molecule has 0 aliphatic carbocycles. The Morgan fingerprint density at radius 2 is 2.12 bits per heavy atom. The van der Waals surface area contributed by atoms with Crippen LogP contribution in [0.5, 0.6) is 0 Å². The number of ether oxygens (including phenoxy) is 1. The Bertz CT molecular complexity index is 386. The van der Waals surface area contributed by atoms with Crippen molar-refractivity contribution in [1.82, 2.24) is 4.98 Å². The molecule has 1 saturated heterocycles. The van der Waals surface area contributed by atoms with Crippen molar-refractivity contribution in [3.05, 3.63) is 17.8 Å². The van der Waals surface area contributed by atoms with Gasteiger partial charge in [0.05, 0.1) is 11.4 Å². The number of anilines is 2. The predicted octanol–water partition coefficient (Wildman–Crippen LogP) is 2.20. The van der Waals surface area contributed by atoms with Gasteiger partial charge in [-0.15, -0.1) is 0 Å². The van der Waals surface area contributed by atoms with Gasteiger partial charge in [0.25, 0.3) is 0 Å². The van der Waals surface area contributed by atoms with Gasteiger partial charge in [-0.25, -0.2) is 4.98 Å². The summed E-state index contributed by atoms with van der Waals surface area (Å²) in [5.41, 5.74) is 7.69. The van der Waals surface area contributed by atoms with E-state index in [0.717, 1.165) is 49.8 Å². The third-order valence-corrected chi connectivity index (χ3v) is 3.52. The highest BCUT2D eigenvalue weighted by atomic mass is 16.5. The van der Waals surface area contributed by atoms with Gasteiger partial charge >= 0.3 is 0 Å². The fourth-order valence-electron chi connectivity index (χ4n) is 2.02. The molecule has 2 heterocycles. The molecule has 3 N–H and O–H groups in total. The highest BCUT2D eigenvalue weighted by Crippen LogP contribution is 2.29. The lowest BCUT2D eigenvalue weighted by Gasteiger charge is -2.33. The minimum absolute atomic E-state index is 0.315. The normalized spacial score (nSPS) is 18.9. The molecule has 0 radical (unpaired) electrons. The molecule has 0 bridgehead atoms. The number of pyridine rings is 1. The maximum absolute atomic E-state index is 5.75. The Morgan fingerprint density at radius 1 is 1.41 bits per heavy atom. The lowest BCUT2D eigenvalue weighted by atomic mass is 9.82. The standard InChI is InChI=1S/C13H21N3O/c1-10-11(14)3-4-12(16-10)15-9-13(2)5-7-17-8-6-13/h3-4H,5-9,14H2,1-2H3,(H,15,16). The van der Waals surface area contributed by atoms with Gasteiger partial charge in [0.1, 0.15) is 5.82 Å².